The van der Waals surface area contributed by atoms with Crippen LogP contribution in [0.2, 0.25) is 0 Å². The van der Waals surface area contributed by atoms with Crippen LogP contribution in [-0.4, -0.2) is 24.7 Å². The Kier molecular flexibility index (Phi) is 2.92. The van der Waals surface area contributed by atoms with Crippen LogP contribution in [0.5, 0.6) is 0 Å². The molecule has 1 N–H and O–H groups in total. The number of hydrogen-bond donors (Lipinski definition) is 1. The van der Waals surface area contributed by atoms with E-state index in [9.17, 15) is 4.39 Å². The molecule has 3 aromatic rings. The lowest BCUT2D eigenvalue weighted by molar-refractivity contribution is 0.621. The second kappa shape index (κ2) is 5.12. The molecule has 3 heterocycles. The van der Waals surface area contributed by atoms with E-state index in [4.69, 9.17) is 4.98 Å². The molecule has 3 aromatic heterocycles. The Balaban J connectivity index is 1.71. The van der Waals surface area contributed by atoms with Gasteiger partial charge in [0.15, 0.2) is 0 Å². The van der Waals surface area contributed by atoms with Gasteiger partial charge in [0.25, 0.3) is 0 Å². The zero-order valence-corrected chi connectivity index (χ0v) is 13.0. The number of nitrogens with one attached hydrogen (secondary N) is 1. The van der Waals surface area contributed by atoms with E-state index in [0.29, 0.717) is 6.04 Å². The van der Waals surface area contributed by atoms with Crippen LogP contribution < -0.4 is 10.7 Å². The normalized spacial score (nSPS) is 19.5. The number of fused-ring (bicyclic) bond motifs is 1. The van der Waals surface area contributed by atoms with Crippen molar-refractivity contribution in [2.45, 2.75) is 31.2 Å². The predicted octanol–water partition coefficient (Wildman–Crippen LogP) is 1.89. The Hall–Kier alpha value is -2.76. The van der Waals surface area contributed by atoms with Gasteiger partial charge in [-0.05, 0) is 37.5 Å². The van der Waals surface area contributed by atoms with Crippen molar-refractivity contribution >= 4 is 12.2 Å². The van der Waals surface area contributed by atoms with Crippen molar-refractivity contribution in [2.75, 3.05) is 0 Å². The average molecular weight is 321 g/mol. The van der Waals surface area contributed by atoms with E-state index in [-0.39, 0.29) is 11.7 Å². The smallest absolute Gasteiger partial charge is 0.143 e. The van der Waals surface area contributed by atoms with Crippen LogP contribution in [0.4, 0.5) is 4.39 Å². The average Bonchev–Trinajstić information content (AvgIpc) is 3.14. The van der Waals surface area contributed by atoms with Gasteiger partial charge in [-0.1, -0.05) is 6.08 Å². The molecule has 5 rings (SSSR count). The van der Waals surface area contributed by atoms with Crippen LogP contribution in [0.25, 0.3) is 23.5 Å². The molecule has 1 saturated carbocycles. The van der Waals surface area contributed by atoms with Crippen molar-refractivity contribution in [3.05, 3.63) is 52.9 Å². The first kappa shape index (κ1) is 13.7. The minimum absolute atomic E-state index is 0.247. The molecule has 0 radical (unpaired) electrons. The fraction of sp³-hybridized carbons (Fsp3) is 0.278. The summed E-state index contributed by atoms with van der Waals surface area (Å²) >= 11 is 0. The second-order valence-electron chi connectivity index (χ2n) is 6.41. The highest BCUT2D eigenvalue weighted by molar-refractivity contribution is 5.57. The third-order valence-electron chi connectivity index (χ3n) is 4.68. The minimum Gasteiger partial charge on any atom is -0.321 e. The molecule has 1 atom stereocenters. The maximum absolute atomic E-state index is 13.6. The summed E-state index contributed by atoms with van der Waals surface area (Å²) in [5.74, 6) is 0.722. The number of hydrogen-bond acceptors (Lipinski definition) is 3. The molecule has 0 amide bonds. The number of aromatic amines is 1. The predicted molar refractivity (Wildman–Crippen MR) is 87.8 cm³/mol. The van der Waals surface area contributed by atoms with Gasteiger partial charge in [0, 0.05) is 29.9 Å². The summed E-state index contributed by atoms with van der Waals surface area (Å²) in [6.45, 7) is 0. The van der Waals surface area contributed by atoms with Gasteiger partial charge in [-0.25, -0.2) is 9.37 Å². The van der Waals surface area contributed by atoms with Crippen molar-refractivity contribution in [3.8, 4) is 11.4 Å². The summed E-state index contributed by atoms with van der Waals surface area (Å²) in [5, 5.41) is 9.30. The topological polar surface area (TPSA) is 59.4 Å². The Morgan fingerprint density at radius 1 is 1.25 bits per heavy atom. The van der Waals surface area contributed by atoms with Crippen LogP contribution in [0.3, 0.4) is 0 Å². The van der Waals surface area contributed by atoms with Gasteiger partial charge in [0.2, 0.25) is 0 Å². The maximum atomic E-state index is 13.6. The number of halogens is 1. The molecular formula is C18H16FN5. The van der Waals surface area contributed by atoms with Gasteiger partial charge in [0.1, 0.15) is 11.6 Å². The maximum Gasteiger partial charge on any atom is 0.143 e. The standard InChI is InChI=1S/C18H16FN5/c19-13-7-12(9-20-10-13)18-22-16-4-1-11(15-5-6-21-23-15)8-17(16)24(18)14-2-3-14/h4-11,14H,1-3H2,(H,21,23). The molecule has 0 spiro atoms. The Morgan fingerprint density at radius 3 is 2.92 bits per heavy atom. The van der Waals surface area contributed by atoms with Crippen LogP contribution in [-0.2, 0) is 0 Å². The highest BCUT2D eigenvalue weighted by atomic mass is 19.1. The lowest BCUT2D eigenvalue weighted by Crippen LogP contribution is -2.33. The number of rotatable bonds is 3. The molecule has 0 aromatic carbocycles. The number of imidazole rings is 1. The number of pyridine rings is 1. The molecule has 6 heteroatoms. The van der Waals surface area contributed by atoms with E-state index >= 15 is 0 Å². The molecule has 120 valence electrons. The summed E-state index contributed by atoms with van der Waals surface area (Å²) in [6.07, 6.45) is 12.3. The highest BCUT2D eigenvalue weighted by Crippen LogP contribution is 2.36. The lowest BCUT2D eigenvalue weighted by atomic mass is 9.98. The van der Waals surface area contributed by atoms with E-state index in [1.165, 1.54) is 12.3 Å². The molecule has 0 saturated heterocycles. The first-order valence-corrected chi connectivity index (χ1v) is 8.20. The third-order valence-corrected chi connectivity index (χ3v) is 4.68. The Labute approximate surface area is 137 Å². The summed E-state index contributed by atoms with van der Waals surface area (Å²) < 4.78 is 15.9. The van der Waals surface area contributed by atoms with E-state index < -0.39 is 0 Å². The summed E-state index contributed by atoms with van der Waals surface area (Å²) in [4.78, 5) is 8.76. The zero-order chi connectivity index (χ0) is 16.1. The minimum atomic E-state index is -0.335. The number of H-pyrrole nitrogens is 1. The third kappa shape index (κ3) is 2.18. The van der Waals surface area contributed by atoms with E-state index in [2.05, 4.69) is 31.9 Å². The van der Waals surface area contributed by atoms with Crippen molar-refractivity contribution in [1.82, 2.24) is 24.7 Å². The molecule has 2 aliphatic carbocycles. The van der Waals surface area contributed by atoms with Crippen molar-refractivity contribution in [1.29, 1.82) is 0 Å². The van der Waals surface area contributed by atoms with Crippen molar-refractivity contribution in [2.24, 2.45) is 0 Å². The van der Waals surface area contributed by atoms with Crippen molar-refractivity contribution in [3.63, 3.8) is 0 Å². The number of aromatic nitrogens is 5. The van der Waals surface area contributed by atoms with Crippen LogP contribution >= 0.6 is 0 Å². The molecule has 1 fully saturated rings. The molecule has 24 heavy (non-hydrogen) atoms. The number of nitrogens with zero attached hydrogens (tertiary/aromatic N) is 4. The molecule has 0 bridgehead atoms. The highest BCUT2D eigenvalue weighted by Gasteiger charge is 2.29. The second-order valence-corrected chi connectivity index (χ2v) is 6.41. The lowest BCUT2D eigenvalue weighted by Gasteiger charge is -2.11. The van der Waals surface area contributed by atoms with E-state index in [1.54, 1.807) is 6.20 Å². The van der Waals surface area contributed by atoms with Gasteiger partial charge in [-0.3, -0.25) is 10.1 Å². The molecule has 2 aliphatic rings. The monoisotopic (exact) mass is 321 g/mol. The zero-order valence-electron chi connectivity index (χ0n) is 13.0. The van der Waals surface area contributed by atoms with E-state index in [1.807, 2.05) is 12.3 Å². The van der Waals surface area contributed by atoms with Crippen LogP contribution in [0, 0.1) is 5.82 Å². The quantitative estimate of drug-likeness (QED) is 0.801. The van der Waals surface area contributed by atoms with Gasteiger partial charge in [-0.15, -0.1) is 0 Å². The Bertz CT molecular complexity index is 1010. The van der Waals surface area contributed by atoms with Gasteiger partial charge < -0.3 is 4.57 Å². The molecular weight excluding hydrogens is 305 g/mol. The van der Waals surface area contributed by atoms with Gasteiger partial charge in [-0.2, -0.15) is 5.10 Å². The van der Waals surface area contributed by atoms with Gasteiger partial charge in [0.05, 0.1) is 22.6 Å². The van der Waals surface area contributed by atoms with E-state index in [0.717, 1.165) is 47.0 Å². The first-order chi connectivity index (χ1) is 11.8. The molecule has 0 aliphatic heterocycles. The summed E-state index contributed by atoms with van der Waals surface area (Å²) in [6, 6.07) is 3.96. The fourth-order valence-electron chi connectivity index (χ4n) is 3.40. The van der Waals surface area contributed by atoms with Crippen LogP contribution in [0.15, 0.2) is 30.7 Å². The molecule has 5 nitrogen and oxygen atoms in total. The summed E-state index contributed by atoms with van der Waals surface area (Å²) in [5.41, 5.74) is 1.77. The SMILES string of the molecule is Fc1cncc(-c2nc3c(n2C2CC2)=CC(c2cc[nH]n2)CC=3)c1. The van der Waals surface area contributed by atoms with Crippen LogP contribution in [0.1, 0.15) is 36.9 Å². The Morgan fingerprint density at radius 2 is 2.17 bits per heavy atom. The molecule has 1 unspecified atom stereocenters. The fourth-order valence-corrected chi connectivity index (χ4v) is 3.40. The van der Waals surface area contributed by atoms with Gasteiger partial charge >= 0.3 is 0 Å². The summed E-state index contributed by atoms with van der Waals surface area (Å²) in [7, 11) is 0. The van der Waals surface area contributed by atoms with Crippen molar-refractivity contribution < 1.29 is 4.39 Å². The largest absolute Gasteiger partial charge is 0.321 e. The first-order valence-electron chi connectivity index (χ1n) is 8.20.